The van der Waals surface area contributed by atoms with Gasteiger partial charge in [-0.15, -0.1) is 0 Å². The third-order valence-electron chi connectivity index (χ3n) is 6.41. The fraction of sp³-hybridized carbons (Fsp3) is 0.208. The van der Waals surface area contributed by atoms with Crippen molar-refractivity contribution in [2.75, 3.05) is 4.90 Å². The number of carbonyl (C=O) groups excluding carboxylic acids is 2. The molecule has 0 unspecified atom stereocenters. The van der Waals surface area contributed by atoms with Crippen LogP contribution in [0.4, 0.5) is 5.69 Å². The number of carboxylic acids is 1. The van der Waals surface area contributed by atoms with Crippen molar-refractivity contribution >= 4 is 29.0 Å². The van der Waals surface area contributed by atoms with Gasteiger partial charge in [0.25, 0.3) is 0 Å². The molecule has 2 fully saturated rings. The Hall–Kier alpha value is -3.47. The predicted octanol–water partition coefficient (Wildman–Crippen LogP) is 3.78. The minimum absolute atomic E-state index is 0.0572. The molecule has 5 rings (SSSR count). The number of amides is 2. The van der Waals surface area contributed by atoms with E-state index in [9.17, 15) is 19.5 Å². The molecule has 1 N–H and O–H groups in total. The van der Waals surface area contributed by atoms with Crippen LogP contribution >= 0.6 is 0 Å². The third kappa shape index (κ3) is 2.43. The van der Waals surface area contributed by atoms with Crippen LogP contribution < -0.4 is 4.90 Å². The average Bonchev–Trinajstić information content (AvgIpc) is 3.37. The molecule has 1 saturated heterocycles. The van der Waals surface area contributed by atoms with Crippen LogP contribution in [0.15, 0.2) is 72.3 Å². The van der Waals surface area contributed by atoms with Crippen LogP contribution in [0.25, 0.3) is 5.57 Å². The zero-order chi connectivity index (χ0) is 20.3. The SMILES string of the molecule is CC(=C1[C@H]2C=C[C@H]1[C@H]1C(=O)N(c3cccc(C(=O)O)c3)C(=O)[C@@H]12)c1ccccc1. The summed E-state index contributed by atoms with van der Waals surface area (Å²) in [5.41, 5.74) is 3.78. The molecule has 0 radical (unpaired) electrons. The number of carbonyl (C=O) groups is 3. The van der Waals surface area contributed by atoms with Gasteiger partial charge in [0.05, 0.1) is 23.1 Å². The van der Waals surface area contributed by atoms with E-state index in [1.807, 2.05) is 30.3 Å². The van der Waals surface area contributed by atoms with Gasteiger partial charge in [-0.1, -0.05) is 54.1 Å². The van der Waals surface area contributed by atoms with E-state index in [2.05, 4.69) is 19.1 Å². The van der Waals surface area contributed by atoms with Crippen LogP contribution in [0.1, 0.15) is 22.8 Å². The zero-order valence-electron chi connectivity index (χ0n) is 15.8. The molecule has 1 aliphatic heterocycles. The summed E-state index contributed by atoms with van der Waals surface area (Å²) in [5, 5.41) is 9.24. The Morgan fingerprint density at radius 3 is 2.03 bits per heavy atom. The van der Waals surface area contributed by atoms with Crippen molar-refractivity contribution < 1.29 is 19.5 Å². The second-order valence-corrected chi connectivity index (χ2v) is 7.80. The van der Waals surface area contributed by atoms with Crippen molar-refractivity contribution in [1.82, 2.24) is 0 Å². The highest BCUT2D eigenvalue weighted by Gasteiger charge is 2.62. The highest BCUT2D eigenvalue weighted by atomic mass is 16.4. The molecule has 2 aromatic carbocycles. The second kappa shape index (κ2) is 6.27. The summed E-state index contributed by atoms with van der Waals surface area (Å²) in [7, 11) is 0. The number of allylic oxidation sites excluding steroid dienone is 4. The first-order valence-electron chi connectivity index (χ1n) is 9.64. The zero-order valence-corrected chi connectivity index (χ0v) is 15.8. The van der Waals surface area contributed by atoms with E-state index in [1.54, 1.807) is 12.1 Å². The lowest BCUT2D eigenvalue weighted by molar-refractivity contribution is -0.122. The van der Waals surface area contributed by atoms with E-state index in [-0.39, 0.29) is 29.2 Å². The van der Waals surface area contributed by atoms with E-state index in [0.717, 1.165) is 16.7 Å². The molecule has 1 heterocycles. The fourth-order valence-corrected chi connectivity index (χ4v) is 5.15. The van der Waals surface area contributed by atoms with Crippen LogP contribution in [0.3, 0.4) is 0 Å². The number of imide groups is 1. The predicted molar refractivity (Wildman–Crippen MR) is 108 cm³/mol. The summed E-state index contributed by atoms with van der Waals surface area (Å²) < 4.78 is 0. The minimum Gasteiger partial charge on any atom is -0.478 e. The molecule has 29 heavy (non-hydrogen) atoms. The Morgan fingerprint density at radius 1 is 0.862 bits per heavy atom. The quantitative estimate of drug-likeness (QED) is 0.645. The lowest BCUT2D eigenvalue weighted by Gasteiger charge is -2.20. The van der Waals surface area contributed by atoms with Crippen LogP contribution in [-0.2, 0) is 9.59 Å². The van der Waals surface area contributed by atoms with Gasteiger partial charge in [-0.3, -0.25) is 9.59 Å². The molecule has 2 amide bonds. The van der Waals surface area contributed by atoms with Crippen molar-refractivity contribution in [3.8, 4) is 0 Å². The maximum atomic E-state index is 13.3. The molecule has 0 spiro atoms. The Bertz CT molecular complexity index is 1080. The first-order valence-corrected chi connectivity index (χ1v) is 9.64. The van der Waals surface area contributed by atoms with Crippen molar-refractivity contribution in [2.45, 2.75) is 6.92 Å². The summed E-state index contributed by atoms with van der Waals surface area (Å²) in [6, 6.07) is 16.0. The number of fused-ring (bicyclic) bond motifs is 5. The van der Waals surface area contributed by atoms with E-state index >= 15 is 0 Å². The van der Waals surface area contributed by atoms with E-state index in [1.165, 1.54) is 17.0 Å². The van der Waals surface area contributed by atoms with Crippen molar-refractivity contribution in [2.24, 2.45) is 23.7 Å². The van der Waals surface area contributed by atoms with Crippen molar-refractivity contribution in [1.29, 1.82) is 0 Å². The molecule has 144 valence electrons. The molecule has 5 nitrogen and oxygen atoms in total. The number of aromatic carboxylic acids is 1. The van der Waals surface area contributed by atoms with E-state index < -0.39 is 17.8 Å². The molecule has 0 aromatic heterocycles. The van der Waals surface area contributed by atoms with E-state index in [4.69, 9.17) is 0 Å². The summed E-state index contributed by atoms with van der Waals surface area (Å²) in [6.45, 7) is 2.06. The van der Waals surface area contributed by atoms with Gasteiger partial charge in [0.1, 0.15) is 0 Å². The molecule has 2 bridgehead atoms. The lowest BCUT2D eigenvalue weighted by atomic mass is 9.85. The number of nitrogens with zero attached hydrogens (tertiary/aromatic N) is 1. The van der Waals surface area contributed by atoms with Gasteiger partial charge < -0.3 is 5.11 Å². The van der Waals surface area contributed by atoms with Crippen molar-refractivity contribution in [3.63, 3.8) is 0 Å². The summed E-state index contributed by atoms with van der Waals surface area (Å²) >= 11 is 0. The molecule has 2 aromatic rings. The Balaban J connectivity index is 1.54. The number of hydrogen-bond donors (Lipinski definition) is 1. The summed E-state index contributed by atoms with van der Waals surface area (Å²) in [6.07, 6.45) is 4.10. The normalized spacial score (nSPS) is 26.9. The maximum Gasteiger partial charge on any atom is 0.335 e. The van der Waals surface area contributed by atoms with Gasteiger partial charge in [0.2, 0.25) is 11.8 Å². The molecular formula is C24H19NO4. The van der Waals surface area contributed by atoms with E-state index in [0.29, 0.717) is 5.69 Å². The molecule has 4 atom stereocenters. The van der Waals surface area contributed by atoms with Gasteiger partial charge in [-0.2, -0.15) is 0 Å². The standard InChI is InChI=1S/C24H19NO4/c1-13(14-6-3-2-4-7-14)19-17-10-11-18(19)21-20(17)22(26)25(23(21)27)16-9-5-8-15(12-16)24(28)29/h2-12,17-18,20-21H,1H3,(H,28,29)/t17-,18-,20-,21-/m1/s1. The monoisotopic (exact) mass is 385 g/mol. The van der Waals surface area contributed by atoms with Crippen molar-refractivity contribution in [3.05, 3.63) is 83.4 Å². The largest absolute Gasteiger partial charge is 0.478 e. The number of anilines is 1. The smallest absolute Gasteiger partial charge is 0.335 e. The lowest BCUT2D eigenvalue weighted by Crippen LogP contribution is -2.33. The number of hydrogen-bond acceptors (Lipinski definition) is 3. The minimum atomic E-state index is -1.09. The van der Waals surface area contributed by atoms with Crippen LogP contribution in [-0.4, -0.2) is 22.9 Å². The summed E-state index contributed by atoms with van der Waals surface area (Å²) in [4.78, 5) is 39.0. The van der Waals surface area contributed by atoms with Gasteiger partial charge in [0.15, 0.2) is 0 Å². The number of carboxylic acid groups (broad SMARTS) is 1. The Kier molecular flexibility index (Phi) is 3.81. The van der Waals surface area contributed by atoms with Gasteiger partial charge in [-0.05, 0) is 36.3 Å². The molecule has 5 heteroatoms. The Morgan fingerprint density at radius 2 is 1.45 bits per heavy atom. The number of rotatable bonds is 3. The molecule has 3 aliphatic rings. The van der Waals surface area contributed by atoms with Crippen LogP contribution in [0.5, 0.6) is 0 Å². The van der Waals surface area contributed by atoms with Gasteiger partial charge >= 0.3 is 5.97 Å². The fourth-order valence-electron chi connectivity index (χ4n) is 5.15. The second-order valence-electron chi connectivity index (χ2n) is 7.80. The first-order chi connectivity index (χ1) is 14.0. The van der Waals surface area contributed by atoms with Gasteiger partial charge in [0, 0.05) is 11.8 Å². The van der Waals surface area contributed by atoms with Crippen LogP contribution in [0.2, 0.25) is 0 Å². The highest BCUT2D eigenvalue weighted by Crippen LogP contribution is 2.58. The summed E-state index contributed by atoms with van der Waals surface area (Å²) in [5.74, 6) is -2.57. The molecule has 2 aliphatic carbocycles. The topological polar surface area (TPSA) is 74.7 Å². The first kappa shape index (κ1) is 17.6. The third-order valence-corrected chi connectivity index (χ3v) is 6.41. The Labute approximate surface area is 168 Å². The average molecular weight is 385 g/mol. The molecular weight excluding hydrogens is 366 g/mol. The van der Waals surface area contributed by atoms with Crippen LogP contribution in [0, 0.1) is 23.7 Å². The maximum absolute atomic E-state index is 13.3. The highest BCUT2D eigenvalue weighted by molar-refractivity contribution is 6.23. The van der Waals surface area contributed by atoms with Gasteiger partial charge in [-0.25, -0.2) is 9.69 Å². The number of benzene rings is 2. The molecule has 1 saturated carbocycles.